The second kappa shape index (κ2) is 9.20. The molecular weight excluding hydrogens is 322 g/mol. The zero-order valence-electron chi connectivity index (χ0n) is 14.0. The molecule has 2 amide bonds. The van der Waals surface area contributed by atoms with Crippen LogP contribution in [0, 0.1) is 6.92 Å². The van der Waals surface area contributed by atoms with E-state index in [1.54, 1.807) is 23.3 Å². The average Bonchev–Trinajstić information content (AvgIpc) is 3.02. The van der Waals surface area contributed by atoms with Gasteiger partial charge in [-0.3, -0.25) is 14.5 Å². The van der Waals surface area contributed by atoms with Gasteiger partial charge in [-0.05, 0) is 44.0 Å². The lowest BCUT2D eigenvalue weighted by atomic mass is 10.2. The largest absolute Gasteiger partial charge is 0.355 e. The average molecular weight is 345 g/mol. The third kappa shape index (κ3) is 6.52. The van der Waals surface area contributed by atoms with Crippen LogP contribution in [0.15, 0.2) is 41.8 Å². The van der Waals surface area contributed by atoms with Crippen LogP contribution in [0.5, 0.6) is 0 Å². The van der Waals surface area contributed by atoms with Gasteiger partial charge in [0, 0.05) is 17.1 Å². The standard InChI is InChI=1S/C18H23N3O2S/c1-14-5-7-15(8-6-14)20-18(23)13-21(2)12-17(22)19-10-9-16-4-3-11-24-16/h3-8,11H,9-10,12-13H2,1-2H3,(H,19,22)(H,20,23). The monoisotopic (exact) mass is 345 g/mol. The van der Waals surface area contributed by atoms with E-state index in [4.69, 9.17) is 0 Å². The van der Waals surface area contributed by atoms with Crippen molar-refractivity contribution in [2.75, 3.05) is 32.0 Å². The van der Waals surface area contributed by atoms with E-state index >= 15 is 0 Å². The zero-order chi connectivity index (χ0) is 17.4. The summed E-state index contributed by atoms with van der Waals surface area (Å²) in [5.74, 6) is -0.204. The minimum Gasteiger partial charge on any atom is -0.355 e. The zero-order valence-corrected chi connectivity index (χ0v) is 14.9. The number of nitrogens with one attached hydrogen (secondary N) is 2. The molecule has 0 aliphatic carbocycles. The fourth-order valence-electron chi connectivity index (χ4n) is 2.22. The smallest absolute Gasteiger partial charge is 0.238 e. The summed E-state index contributed by atoms with van der Waals surface area (Å²) in [6, 6.07) is 11.7. The van der Waals surface area contributed by atoms with Gasteiger partial charge in [0.15, 0.2) is 0 Å². The Kier molecular flexibility index (Phi) is 6.96. The maximum atomic E-state index is 12.0. The number of carbonyl (C=O) groups excluding carboxylic acids is 2. The van der Waals surface area contributed by atoms with Crippen LogP contribution >= 0.6 is 11.3 Å². The van der Waals surface area contributed by atoms with Crippen LogP contribution < -0.4 is 10.6 Å². The number of nitrogens with zero attached hydrogens (tertiary/aromatic N) is 1. The number of benzene rings is 1. The topological polar surface area (TPSA) is 61.4 Å². The molecule has 0 bridgehead atoms. The molecule has 0 unspecified atom stereocenters. The Hall–Kier alpha value is -2.18. The molecule has 0 aliphatic rings. The van der Waals surface area contributed by atoms with Gasteiger partial charge in [0.2, 0.25) is 11.8 Å². The molecule has 0 radical (unpaired) electrons. The van der Waals surface area contributed by atoms with Crippen molar-refractivity contribution in [3.05, 3.63) is 52.2 Å². The van der Waals surface area contributed by atoms with Gasteiger partial charge in [-0.1, -0.05) is 23.8 Å². The van der Waals surface area contributed by atoms with E-state index < -0.39 is 0 Å². The minimum atomic E-state index is -0.132. The summed E-state index contributed by atoms with van der Waals surface area (Å²) in [5, 5.41) is 7.72. The lowest BCUT2D eigenvalue weighted by Crippen LogP contribution is -2.39. The Bertz CT molecular complexity index is 653. The summed E-state index contributed by atoms with van der Waals surface area (Å²) in [7, 11) is 1.76. The van der Waals surface area contributed by atoms with E-state index in [0.29, 0.717) is 6.54 Å². The summed E-state index contributed by atoms with van der Waals surface area (Å²) in [5.41, 5.74) is 1.91. The maximum Gasteiger partial charge on any atom is 0.238 e. The lowest BCUT2D eigenvalue weighted by molar-refractivity contribution is -0.122. The number of hydrogen-bond acceptors (Lipinski definition) is 4. The maximum absolute atomic E-state index is 12.0. The predicted octanol–water partition coefficient (Wildman–Crippen LogP) is 2.29. The first-order valence-electron chi connectivity index (χ1n) is 7.87. The Morgan fingerprint density at radius 2 is 1.79 bits per heavy atom. The molecule has 1 aromatic carbocycles. The Morgan fingerprint density at radius 3 is 2.46 bits per heavy atom. The summed E-state index contributed by atoms with van der Waals surface area (Å²) in [4.78, 5) is 26.8. The molecular formula is C18H23N3O2S. The molecule has 2 rings (SSSR count). The molecule has 0 aliphatic heterocycles. The van der Waals surface area contributed by atoms with Crippen LogP contribution in [0.3, 0.4) is 0 Å². The summed E-state index contributed by atoms with van der Waals surface area (Å²) in [6.07, 6.45) is 0.834. The highest BCUT2D eigenvalue weighted by molar-refractivity contribution is 7.09. The lowest BCUT2D eigenvalue weighted by Gasteiger charge is -2.16. The molecule has 24 heavy (non-hydrogen) atoms. The van der Waals surface area contributed by atoms with Crippen LogP contribution in [-0.2, 0) is 16.0 Å². The van der Waals surface area contributed by atoms with Crippen molar-refractivity contribution in [3.63, 3.8) is 0 Å². The van der Waals surface area contributed by atoms with Gasteiger partial charge in [-0.25, -0.2) is 0 Å². The van der Waals surface area contributed by atoms with E-state index in [9.17, 15) is 9.59 Å². The van der Waals surface area contributed by atoms with Crippen molar-refractivity contribution < 1.29 is 9.59 Å². The van der Waals surface area contributed by atoms with Gasteiger partial charge in [0.05, 0.1) is 13.1 Å². The minimum absolute atomic E-state index is 0.0720. The molecule has 1 aromatic heterocycles. The van der Waals surface area contributed by atoms with Gasteiger partial charge in [0.1, 0.15) is 0 Å². The number of hydrogen-bond donors (Lipinski definition) is 2. The predicted molar refractivity (Wildman–Crippen MR) is 98.3 cm³/mol. The molecule has 6 heteroatoms. The quantitative estimate of drug-likeness (QED) is 0.772. The van der Waals surface area contributed by atoms with Gasteiger partial charge in [0.25, 0.3) is 0 Å². The van der Waals surface area contributed by atoms with E-state index in [1.807, 2.05) is 42.6 Å². The Labute approximate surface area is 146 Å². The summed E-state index contributed by atoms with van der Waals surface area (Å²) < 4.78 is 0. The summed E-state index contributed by atoms with van der Waals surface area (Å²) >= 11 is 1.68. The first-order valence-corrected chi connectivity index (χ1v) is 8.75. The van der Waals surface area contributed by atoms with Crippen molar-refractivity contribution in [2.45, 2.75) is 13.3 Å². The number of anilines is 1. The molecule has 1 heterocycles. The number of amides is 2. The van der Waals surface area contributed by atoms with Gasteiger partial charge < -0.3 is 10.6 Å². The molecule has 2 N–H and O–H groups in total. The molecule has 128 valence electrons. The Balaban J connectivity index is 1.65. The molecule has 0 saturated carbocycles. The van der Waals surface area contributed by atoms with Crippen molar-refractivity contribution in [3.8, 4) is 0 Å². The SMILES string of the molecule is Cc1ccc(NC(=O)CN(C)CC(=O)NCCc2cccs2)cc1. The number of likely N-dealkylation sites (N-methyl/N-ethyl adjacent to an activating group) is 1. The highest BCUT2D eigenvalue weighted by Gasteiger charge is 2.10. The van der Waals surface area contributed by atoms with E-state index in [0.717, 1.165) is 17.7 Å². The summed E-state index contributed by atoms with van der Waals surface area (Å²) in [6.45, 7) is 2.98. The first kappa shape index (κ1) is 18.2. The van der Waals surface area contributed by atoms with E-state index in [1.165, 1.54) is 4.88 Å². The second-order valence-corrected chi connectivity index (χ2v) is 6.80. The van der Waals surface area contributed by atoms with Crippen LogP contribution in [0.2, 0.25) is 0 Å². The van der Waals surface area contributed by atoms with Crippen molar-refractivity contribution in [1.82, 2.24) is 10.2 Å². The van der Waals surface area contributed by atoms with Gasteiger partial charge >= 0.3 is 0 Å². The fraction of sp³-hybridized carbons (Fsp3) is 0.333. The molecule has 0 fully saturated rings. The fourth-order valence-corrected chi connectivity index (χ4v) is 2.93. The van der Waals surface area contributed by atoms with Crippen molar-refractivity contribution in [2.24, 2.45) is 0 Å². The second-order valence-electron chi connectivity index (χ2n) is 5.77. The van der Waals surface area contributed by atoms with Crippen LogP contribution in [0.25, 0.3) is 0 Å². The number of rotatable bonds is 8. The van der Waals surface area contributed by atoms with Gasteiger partial charge in [-0.15, -0.1) is 11.3 Å². The molecule has 5 nitrogen and oxygen atoms in total. The van der Waals surface area contributed by atoms with Crippen LogP contribution in [0.4, 0.5) is 5.69 Å². The van der Waals surface area contributed by atoms with E-state index in [2.05, 4.69) is 16.7 Å². The van der Waals surface area contributed by atoms with Crippen LogP contribution in [0.1, 0.15) is 10.4 Å². The van der Waals surface area contributed by atoms with Crippen LogP contribution in [-0.4, -0.2) is 43.4 Å². The van der Waals surface area contributed by atoms with Gasteiger partial charge in [-0.2, -0.15) is 0 Å². The van der Waals surface area contributed by atoms with Crippen molar-refractivity contribution in [1.29, 1.82) is 0 Å². The highest BCUT2D eigenvalue weighted by Crippen LogP contribution is 2.09. The molecule has 0 spiro atoms. The third-order valence-corrected chi connectivity index (χ3v) is 4.37. The number of aryl methyl sites for hydroxylation is 1. The van der Waals surface area contributed by atoms with E-state index in [-0.39, 0.29) is 24.9 Å². The normalized spacial score (nSPS) is 10.6. The highest BCUT2D eigenvalue weighted by atomic mass is 32.1. The first-order chi connectivity index (χ1) is 11.5. The number of carbonyl (C=O) groups is 2. The molecule has 2 aromatic rings. The Morgan fingerprint density at radius 1 is 1.08 bits per heavy atom. The third-order valence-electron chi connectivity index (χ3n) is 3.44. The van der Waals surface area contributed by atoms with Crippen molar-refractivity contribution >= 4 is 28.8 Å². The molecule has 0 saturated heterocycles. The molecule has 0 atom stereocenters. The number of thiophene rings is 1.